The Kier molecular flexibility index (Phi) is 3.78. The summed E-state index contributed by atoms with van der Waals surface area (Å²) >= 11 is 0. The molecular formula is C14H21NO2S. The van der Waals surface area contributed by atoms with Gasteiger partial charge in [-0.25, -0.2) is 8.42 Å². The van der Waals surface area contributed by atoms with Crippen LogP contribution in [-0.2, 0) is 29.1 Å². The molecule has 100 valence electrons. The Morgan fingerprint density at radius 2 is 1.94 bits per heavy atom. The molecule has 1 aromatic carbocycles. The summed E-state index contributed by atoms with van der Waals surface area (Å²) in [6.07, 6.45) is 5.41. The van der Waals surface area contributed by atoms with Crippen molar-refractivity contribution >= 4 is 9.84 Å². The zero-order valence-electron chi connectivity index (χ0n) is 11.0. The Hall–Kier alpha value is -0.870. The first-order valence-electron chi connectivity index (χ1n) is 6.43. The summed E-state index contributed by atoms with van der Waals surface area (Å²) in [5.74, 6) is 0. The molecule has 3 nitrogen and oxygen atoms in total. The SMILES string of the molecule is CC(C(N)Cc1ccc2c(c1)CCC2)S(C)(=O)=O. The summed E-state index contributed by atoms with van der Waals surface area (Å²) in [5, 5.41) is -0.495. The molecule has 0 heterocycles. The summed E-state index contributed by atoms with van der Waals surface area (Å²) < 4.78 is 22.9. The van der Waals surface area contributed by atoms with E-state index < -0.39 is 15.1 Å². The molecule has 0 saturated carbocycles. The number of fused-ring (bicyclic) bond motifs is 1. The van der Waals surface area contributed by atoms with Crippen molar-refractivity contribution < 1.29 is 8.42 Å². The molecule has 2 rings (SSSR count). The molecule has 0 bridgehead atoms. The maximum Gasteiger partial charge on any atom is 0.151 e. The van der Waals surface area contributed by atoms with E-state index >= 15 is 0 Å². The molecule has 2 atom stereocenters. The Morgan fingerprint density at radius 3 is 2.61 bits per heavy atom. The topological polar surface area (TPSA) is 60.2 Å². The van der Waals surface area contributed by atoms with Gasteiger partial charge in [0.25, 0.3) is 0 Å². The van der Waals surface area contributed by atoms with Crippen LogP contribution in [0.1, 0.15) is 30.0 Å². The van der Waals surface area contributed by atoms with E-state index in [1.165, 1.54) is 30.2 Å². The van der Waals surface area contributed by atoms with Crippen molar-refractivity contribution in [2.45, 2.75) is 43.9 Å². The van der Waals surface area contributed by atoms with Crippen molar-refractivity contribution in [1.82, 2.24) is 0 Å². The molecule has 1 aliphatic rings. The Labute approximate surface area is 109 Å². The zero-order valence-corrected chi connectivity index (χ0v) is 11.8. The van der Waals surface area contributed by atoms with Crippen LogP contribution in [0.25, 0.3) is 0 Å². The van der Waals surface area contributed by atoms with Crippen LogP contribution in [0.3, 0.4) is 0 Å². The predicted molar refractivity (Wildman–Crippen MR) is 74.5 cm³/mol. The van der Waals surface area contributed by atoms with E-state index in [2.05, 4.69) is 18.2 Å². The van der Waals surface area contributed by atoms with Crippen LogP contribution in [0.5, 0.6) is 0 Å². The van der Waals surface area contributed by atoms with Crippen LogP contribution in [0, 0.1) is 0 Å². The third-order valence-corrected chi connectivity index (χ3v) is 5.61. The Balaban J connectivity index is 2.10. The van der Waals surface area contributed by atoms with Crippen LogP contribution in [0.15, 0.2) is 18.2 Å². The van der Waals surface area contributed by atoms with Gasteiger partial charge < -0.3 is 5.73 Å². The molecule has 0 fully saturated rings. The van der Waals surface area contributed by atoms with E-state index in [0.29, 0.717) is 6.42 Å². The van der Waals surface area contributed by atoms with Crippen LogP contribution in [-0.4, -0.2) is 26.0 Å². The number of hydrogen-bond acceptors (Lipinski definition) is 3. The first-order valence-corrected chi connectivity index (χ1v) is 8.38. The van der Waals surface area contributed by atoms with Gasteiger partial charge in [-0.3, -0.25) is 0 Å². The number of benzene rings is 1. The summed E-state index contributed by atoms with van der Waals surface area (Å²) in [6, 6.07) is 6.10. The lowest BCUT2D eigenvalue weighted by Crippen LogP contribution is -2.39. The standard InChI is InChI=1S/C14H21NO2S/c1-10(18(2,16)17)14(15)9-11-6-7-12-4-3-5-13(12)8-11/h6-8,10,14H,3-5,9,15H2,1-2H3. The summed E-state index contributed by atoms with van der Waals surface area (Å²) in [6.45, 7) is 1.69. The number of aryl methyl sites for hydroxylation is 2. The molecular weight excluding hydrogens is 246 g/mol. The highest BCUT2D eigenvalue weighted by Gasteiger charge is 2.23. The van der Waals surface area contributed by atoms with E-state index in [-0.39, 0.29) is 6.04 Å². The lowest BCUT2D eigenvalue weighted by molar-refractivity contribution is 0.562. The lowest BCUT2D eigenvalue weighted by Gasteiger charge is -2.18. The van der Waals surface area contributed by atoms with Crippen molar-refractivity contribution in [3.63, 3.8) is 0 Å². The van der Waals surface area contributed by atoms with E-state index in [4.69, 9.17) is 5.73 Å². The molecule has 18 heavy (non-hydrogen) atoms. The van der Waals surface area contributed by atoms with Gasteiger partial charge in [-0.2, -0.15) is 0 Å². The van der Waals surface area contributed by atoms with E-state index in [9.17, 15) is 8.42 Å². The molecule has 0 aromatic heterocycles. The second kappa shape index (κ2) is 5.02. The molecule has 0 aliphatic heterocycles. The highest BCUT2D eigenvalue weighted by molar-refractivity contribution is 7.91. The van der Waals surface area contributed by atoms with E-state index in [1.54, 1.807) is 6.92 Å². The van der Waals surface area contributed by atoms with Gasteiger partial charge in [0.2, 0.25) is 0 Å². The highest BCUT2D eigenvalue weighted by Crippen LogP contribution is 2.23. The molecule has 0 saturated heterocycles. The zero-order chi connectivity index (χ0) is 13.3. The highest BCUT2D eigenvalue weighted by atomic mass is 32.2. The third kappa shape index (κ3) is 2.93. The molecule has 4 heteroatoms. The van der Waals surface area contributed by atoms with Crippen LogP contribution in [0.2, 0.25) is 0 Å². The van der Waals surface area contributed by atoms with Crippen LogP contribution < -0.4 is 5.73 Å². The largest absolute Gasteiger partial charge is 0.326 e. The van der Waals surface area contributed by atoms with Gasteiger partial charge in [-0.1, -0.05) is 18.2 Å². The second-order valence-corrected chi connectivity index (χ2v) is 7.76. The maximum atomic E-state index is 11.5. The summed E-state index contributed by atoms with van der Waals surface area (Å²) in [4.78, 5) is 0. The van der Waals surface area contributed by atoms with Crippen LogP contribution in [0.4, 0.5) is 0 Å². The van der Waals surface area contributed by atoms with Crippen molar-refractivity contribution in [3.8, 4) is 0 Å². The fraction of sp³-hybridized carbons (Fsp3) is 0.571. The number of hydrogen-bond donors (Lipinski definition) is 1. The van der Waals surface area contributed by atoms with Crippen molar-refractivity contribution in [1.29, 1.82) is 0 Å². The van der Waals surface area contributed by atoms with Gasteiger partial charge in [-0.15, -0.1) is 0 Å². The summed E-state index contributed by atoms with van der Waals surface area (Å²) in [5.41, 5.74) is 10.00. The molecule has 2 unspecified atom stereocenters. The van der Waals surface area contributed by atoms with Crippen molar-refractivity contribution in [3.05, 3.63) is 34.9 Å². The van der Waals surface area contributed by atoms with Gasteiger partial charge in [0, 0.05) is 12.3 Å². The summed E-state index contributed by atoms with van der Waals surface area (Å²) in [7, 11) is -3.06. The minimum atomic E-state index is -3.06. The Bertz CT molecular complexity index is 537. The molecule has 0 radical (unpaired) electrons. The average molecular weight is 267 g/mol. The fourth-order valence-corrected chi connectivity index (χ4v) is 3.24. The first kappa shape index (κ1) is 13.6. The quantitative estimate of drug-likeness (QED) is 0.899. The monoisotopic (exact) mass is 267 g/mol. The van der Waals surface area contributed by atoms with Gasteiger partial charge in [-0.05, 0) is 49.3 Å². The van der Waals surface area contributed by atoms with Gasteiger partial charge in [0.15, 0.2) is 9.84 Å². The molecule has 1 aliphatic carbocycles. The smallest absolute Gasteiger partial charge is 0.151 e. The fourth-order valence-electron chi connectivity index (χ4n) is 2.51. The second-order valence-electron chi connectivity index (χ2n) is 5.36. The third-order valence-electron chi connectivity index (χ3n) is 3.91. The van der Waals surface area contributed by atoms with Gasteiger partial charge in [0.05, 0.1) is 5.25 Å². The number of sulfone groups is 1. The minimum absolute atomic E-state index is 0.334. The molecule has 2 N–H and O–H groups in total. The van der Waals surface area contributed by atoms with Crippen molar-refractivity contribution in [2.75, 3.05) is 6.26 Å². The number of rotatable bonds is 4. The van der Waals surface area contributed by atoms with E-state index in [1.807, 2.05) is 0 Å². The van der Waals surface area contributed by atoms with Crippen LogP contribution >= 0.6 is 0 Å². The lowest BCUT2D eigenvalue weighted by atomic mass is 10.00. The van der Waals surface area contributed by atoms with Crippen molar-refractivity contribution in [2.24, 2.45) is 5.73 Å². The van der Waals surface area contributed by atoms with Gasteiger partial charge >= 0.3 is 0 Å². The predicted octanol–water partition coefficient (Wildman–Crippen LogP) is 1.48. The Morgan fingerprint density at radius 1 is 1.28 bits per heavy atom. The van der Waals surface area contributed by atoms with E-state index in [0.717, 1.165) is 12.0 Å². The normalized spacial score (nSPS) is 18.4. The molecule has 0 amide bonds. The average Bonchev–Trinajstić information content (AvgIpc) is 2.73. The number of nitrogens with two attached hydrogens (primary N) is 1. The maximum absolute atomic E-state index is 11.5. The molecule has 1 aromatic rings. The van der Waals surface area contributed by atoms with Gasteiger partial charge in [0.1, 0.15) is 0 Å². The minimum Gasteiger partial charge on any atom is -0.326 e. The molecule has 0 spiro atoms. The first-order chi connectivity index (χ1) is 8.38.